The van der Waals surface area contributed by atoms with Gasteiger partial charge in [-0.1, -0.05) is 35.9 Å². The maximum Gasteiger partial charge on any atom is 0.311 e. The van der Waals surface area contributed by atoms with E-state index in [1.54, 1.807) is 20.0 Å². The van der Waals surface area contributed by atoms with Crippen LogP contribution in [0.2, 0.25) is 5.15 Å². The minimum absolute atomic E-state index is 0.291. The normalized spacial score (nSPS) is 13.0. The van der Waals surface area contributed by atoms with Gasteiger partial charge < -0.3 is 14.2 Å². The first-order valence-corrected chi connectivity index (χ1v) is 9.30. The van der Waals surface area contributed by atoms with E-state index in [-0.39, 0.29) is 0 Å². The molecule has 0 aliphatic carbocycles. The number of nitrogens with zero attached hydrogens (tertiary/aromatic N) is 1. The highest BCUT2D eigenvalue weighted by Gasteiger charge is 2.36. The van der Waals surface area contributed by atoms with Gasteiger partial charge in [0.2, 0.25) is 0 Å². The highest BCUT2D eigenvalue weighted by Crippen LogP contribution is 2.34. The summed E-state index contributed by atoms with van der Waals surface area (Å²) in [6, 6.07) is 12.3. The number of aliphatic hydroxyl groups is 1. The van der Waals surface area contributed by atoms with E-state index in [1.807, 2.05) is 32.0 Å². The first kappa shape index (κ1) is 18.3. The molecular weight excluding hydrogens is 361 g/mol. The van der Waals surface area contributed by atoms with Crippen molar-refractivity contribution in [2.75, 3.05) is 0 Å². The average Bonchev–Trinajstić information content (AvgIpc) is 2.98. The van der Waals surface area contributed by atoms with Gasteiger partial charge in [-0.3, -0.25) is 0 Å². The van der Waals surface area contributed by atoms with Gasteiger partial charge in [0.1, 0.15) is 5.58 Å². The number of rotatable bonds is 4. The molecule has 4 rings (SSSR count). The van der Waals surface area contributed by atoms with E-state index in [9.17, 15) is 5.11 Å². The lowest BCUT2D eigenvalue weighted by molar-refractivity contribution is -0.0893. The van der Waals surface area contributed by atoms with Gasteiger partial charge in [-0.05, 0) is 56.1 Å². The monoisotopic (exact) mass is 381 g/mol. The quantitative estimate of drug-likeness (QED) is 0.422. The minimum Gasteiger partial charge on any atom is -0.453 e. The Morgan fingerprint density at radius 3 is 2.44 bits per heavy atom. The first-order chi connectivity index (χ1) is 12.7. The lowest BCUT2D eigenvalue weighted by Gasteiger charge is -2.37. The van der Waals surface area contributed by atoms with Gasteiger partial charge in [-0.25, -0.2) is 4.98 Å². The third-order valence-corrected chi connectivity index (χ3v) is 5.73. The minimum atomic E-state index is -0.985. The van der Waals surface area contributed by atoms with Crippen molar-refractivity contribution in [1.29, 1.82) is 0 Å². The molecule has 0 saturated heterocycles. The van der Waals surface area contributed by atoms with E-state index < -0.39 is 11.2 Å². The molecule has 2 aromatic heterocycles. The van der Waals surface area contributed by atoms with Crippen LogP contribution in [-0.2, 0) is 4.65 Å². The molecule has 0 bridgehead atoms. The topological polar surface area (TPSA) is 55.5 Å². The molecule has 2 heterocycles. The number of furan rings is 1. The summed E-state index contributed by atoms with van der Waals surface area (Å²) in [7, 11) is 0.291. The smallest absolute Gasteiger partial charge is 0.311 e. The number of benzene rings is 2. The zero-order valence-corrected chi connectivity index (χ0v) is 16.6. The second-order valence-electron chi connectivity index (χ2n) is 7.93. The Kier molecular flexibility index (Phi) is 4.22. The molecule has 0 amide bonds. The standard InChI is InChI=1S/C21H21BClNO3/c1-20(2,25)21(3,4)27-22-15-11-24-19(23)18-17(15)14-9-12-7-5-6-8-13(12)10-16(14)26-18/h5-11,22,25H,1-4H3. The van der Waals surface area contributed by atoms with E-state index in [4.69, 9.17) is 20.7 Å². The predicted octanol–water partition coefficient (Wildman–Crippen LogP) is 4.33. The van der Waals surface area contributed by atoms with Crippen LogP contribution in [0.15, 0.2) is 47.0 Å². The van der Waals surface area contributed by atoms with Crippen LogP contribution in [0.5, 0.6) is 0 Å². The molecule has 0 atom stereocenters. The van der Waals surface area contributed by atoms with Gasteiger partial charge in [0.05, 0.1) is 11.2 Å². The van der Waals surface area contributed by atoms with Crippen LogP contribution in [-0.4, -0.2) is 28.8 Å². The van der Waals surface area contributed by atoms with E-state index in [2.05, 4.69) is 23.2 Å². The van der Waals surface area contributed by atoms with Gasteiger partial charge >= 0.3 is 7.48 Å². The Morgan fingerprint density at radius 1 is 1.11 bits per heavy atom. The number of hydrogen-bond acceptors (Lipinski definition) is 4. The summed E-state index contributed by atoms with van der Waals surface area (Å²) in [6.07, 6.45) is 1.72. The summed E-state index contributed by atoms with van der Waals surface area (Å²) in [5, 5.41) is 14.8. The molecule has 4 nitrogen and oxygen atoms in total. The Labute approximate surface area is 163 Å². The van der Waals surface area contributed by atoms with Crippen LogP contribution in [0.25, 0.3) is 32.7 Å². The second-order valence-corrected chi connectivity index (χ2v) is 8.29. The molecule has 0 fully saturated rings. The van der Waals surface area contributed by atoms with Crippen LogP contribution >= 0.6 is 11.6 Å². The molecule has 6 heteroatoms. The van der Waals surface area contributed by atoms with Crippen molar-refractivity contribution in [2.24, 2.45) is 0 Å². The lowest BCUT2D eigenvalue weighted by Crippen LogP contribution is -2.49. The third-order valence-electron chi connectivity index (χ3n) is 5.46. The molecule has 4 aromatic rings. The average molecular weight is 382 g/mol. The second kappa shape index (κ2) is 6.23. The summed E-state index contributed by atoms with van der Waals surface area (Å²) in [5.74, 6) is 0. The molecule has 0 spiro atoms. The molecule has 1 N–H and O–H groups in total. The Bertz CT molecular complexity index is 1160. The third kappa shape index (κ3) is 3.10. The fraction of sp³-hybridized carbons (Fsp3) is 0.286. The van der Waals surface area contributed by atoms with Gasteiger partial charge in [-0.15, -0.1) is 0 Å². The summed E-state index contributed by atoms with van der Waals surface area (Å²) in [5.41, 5.74) is 0.484. The van der Waals surface area contributed by atoms with Crippen molar-refractivity contribution < 1.29 is 14.2 Å². The Morgan fingerprint density at radius 2 is 1.78 bits per heavy atom. The maximum atomic E-state index is 10.4. The van der Waals surface area contributed by atoms with Crippen LogP contribution < -0.4 is 5.46 Å². The van der Waals surface area contributed by atoms with Crippen molar-refractivity contribution in [1.82, 2.24) is 4.98 Å². The summed E-state index contributed by atoms with van der Waals surface area (Å²) in [4.78, 5) is 4.26. The predicted molar refractivity (Wildman–Crippen MR) is 112 cm³/mol. The van der Waals surface area contributed by atoms with E-state index in [0.29, 0.717) is 18.2 Å². The van der Waals surface area contributed by atoms with Crippen molar-refractivity contribution in [3.63, 3.8) is 0 Å². The Balaban J connectivity index is 1.88. The molecule has 2 aromatic carbocycles. The fourth-order valence-electron chi connectivity index (χ4n) is 3.05. The highest BCUT2D eigenvalue weighted by molar-refractivity contribution is 6.53. The van der Waals surface area contributed by atoms with Crippen molar-refractivity contribution in [3.8, 4) is 0 Å². The fourth-order valence-corrected chi connectivity index (χ4v) is 3.23. The van der Waals surface area contributed by atoms with Crippen LogP contribution in [0.1, 0.15) is 27.7 Å². The molecule has 0 unspecified atom stereocenters. The van der Waals surface area contributed by atoms with Crippen molar-refractivity contribution >= 4 is 57.3 Å². The van der Waals surface area contributed by atoms with Gasteiger partial charge in [0.15, 0.2) is 10.7 Å². The van der Waals surface area contributed by atoms with Crippen molar-refractivity contribution in [2.45, 2.75) is 38.9 Å². The Hall–Kier alpha value is -2.08. The number of halogens is 1. The SMILES string of the molecule is CC(C)(O)C(C)(C)OBc1cnc(Cl)c2oc3cc4ccccc4cc3c12. The van der Waals surface area contributed by atoms with Gasteiger partial charge in [0.25, 0.3) is 0 Å². The number of pyridine rings is 1. The number of hydrogen-bond donors (Lipinski definition) is 1. The molecule has 0 aliphatic heterocycles. The van der Waals surface area contributed by atoms with Gasteiger partial charge in [-0.2, -0.15) is 0 Å². The van der Waals surface area contributed by atoms with Gasteiger partial charge in [0, 0.05) is 17.0 Å². The molecule has 0 saturated carbocycles. The van der Waals surface area contributed by atoms with Crippen molar-refractivity contribution in [3.05, 3.63) is 47.7 Å². The lowest BCUT2D eigenvalue weighted by atomic mass is 9.81. The van der Waals surface area contributed by atoms with Crippen LogP contribution in [0.3, 0.4) is 0 Å². The zero-order valence-electron chi connectivity index (χ0n) is 15.8. The largest absolute Gasteiger partial charge is 0.453 e. The highest BCUT2D eigenvalue weighted by atomic mass is 35.5. The molecular formula is C21H21BClNO3. The molecule has 27 heavy (non-hydrogen) atoms. The van der Waals surface area contributed by atoms with Crippen LogP contribution in [0.4, 0.5) is 0 Å². The molecule has 0 aliphatic rings. The molecule has 138 valence electrons. The van der Waals surface area contributed by atoms with Crippen LogP contribution in [0, 0.1) is 0 Å². The van der Waals surface area contributed by atoms with E-state index >= 15 is 0 Å². The van der Waals surface area contributed by atoms with E-state index in [1.165, 1.54) is 0 Å². The number of aromatic nitrogens is 1. The summed E-state index contributed by atoms with van der Waals surface area (Å²) >= 11 is 6.31. The maximum absolute atomic E-state index is 10.4. The van der Waals surface area contributed by atoms with E-state index in [0.717, 1.165) is 32.6 Å². The summed E-state index contributed by atoms with van der Waals surface area (Å²) < 4.78 is 12.1. The zero-order chi connectivity index (χ0) is 19.4. The first-order valence-electron chi connectivity index (χ1n) is 8.92. The molecule has 0 radical (unpaired) electrons. The number of fused-ring (bicyclic) bond motifs is 4. The summed E-state index contributed by atoms with van der Waals surface area (Å²) in [6.45, 7) is 7.22.